The third kappa shape index (κ3) is 2.16. The highest BCUT2D eigenvalue weighted by atomic mass is 32.1. The van der Waals surface area contributed by atoms with Crippen molar-refractivity contribution in [2.45, 2.75) is 24.6 Å². The van der Waals surface area contributed by atoms with Gasteiger partial charge in [-0.2, -0.15) is 0 Å². The van der Waals surface area contributed by atoms with E-state index < -0.39 is 36.9 Å². The summed E-state index contributed by atoms with van der Waals surface area (Å²) < 4.78 is 20.0. The molecule has 0 amide bonds. The number of hydrogen-bond donors (Lipinski definition) is 3. The molecule has 8 heteroatoms. The lowest BCUT2D eigenvalue weighted by molar-refractivity contribution is -0.0491. The quantitative estimate of drug-likeness (QED) is 0.625. The summed E-state index contributed by atoms with van der Waals surface area (Å²) in [5.74, 6) is 0. The lowest BCUT2D eigenvalue weighted by Crippen LogP contribution is -2.33. The van der Waals surface area contributed by atoms with Gasteiger partial charge in [0.05, 0.1) is 6.61 Å². The first-order valence-corrected chi connectivity index (χ1v) is 5.35. The highest BCUT2D eigenvalue weighted by Crippen LogP contribution is 2.30. The van der Waals surface area contributed by atoms with Crippen LogP contribution in [0, 0.1) is 4.64 Å². The zero-order valence-electron chi connectivity index (χ0n) is 8.62. The Morgan fingerprint density at radius 1 is 1.65 bits per heavy atom. The molecule has 2 rings (SSSR count). The SMILES string of the molecule is O=c1[nH]c(=S)ccn1[C@@H]1O[C@H](CO)[C@H](O)[C@H]1F. The molecular formula is C9H11FN2O4S. The lowest BCUT2D eigenvalue weighted by Gasteiger charge is -2.15. The van der Waals surface area contributed by atoms with Crippen molar-refractivity contribution in [2.75, 3.05) is 6.61 Å². The van der Waals surface area contributed by atoms with Gasteiger partial charge in [0.1, 0.15) is 16.8 Å². The number of alkyl halides is 1. The molecule has 1 aliphatic rings. The summed E-state index contributed by atoms with van der Waals surface area (Å²) in [6.07, 6.45) is -4.26. The van der Waals surface area contributed by atoms with E-state index >= 15 is 0 Å². The number of H-pyrrole nitrogens is 1. The number of nitrogens with zero attached hydrogens (tertiary/aromatic N) is 1. The van der Waals surface area contributed by atoms with Crippen LogP contribution in [0.15, 0.2) is 17.1 Å². The van der Waals surface area contributed by atoms with E-state index in [4.69, 9.17) is 22.1 Å². The Kier molecular flexibility index (Phi) is 3.38. The summed E-state index contributed by atoms with van der Waals surface area (Å²) in [7, 11) is 0. The topological polar surface area (TPSA) is 87.5 Å². The molecule has 1 aromatic rings. The number of rotatable bonds is 2. The zero-order valence-corrected chi connectivity index (χ0v) is 9.43. The minimum absolute atomic E-state index is 0.221. The molecule has 1 fully saturated rings. The molecule has 0 radical (unpaired) electrons. The zero-order chi connectivity index (χ0) is 12.6. The molecule has 0 bridgehead atoms. The maximum atomic E-state index is 13.7. The summed E-state index contributed by atoms with van der Waals surface area (Å²) in [4.78, 5) is 13.8. The number of nitrogens with one attached hydrogen (secondary N) is 1. The Hall–Kier alpha value is -1.09. The van der Waals surface area contributed by atoms with E-state index in [1.54, 1.807) is 0 Å². The molecule has 3 N–H and O–H groups in total. The molecule has 0 aromatic carbocycles. The van der Waals surface area contributed by atoms with E-state index in [-0.39, 0.29) is 4.64 Å². The molecule has 0 unspecified atom stereocenters. The van der Waals surface area contributed by atoms with Crippen molar-refractivity contribution in [3.8, 4) is 0 Å². The molecule has 1 aromatic heterocycles. The Balaban J connectivity index is 2.35. The molecule has 17 heavy (non-hydrogen) atoms. The second kappa shape index (κ2) is 4.65. The van der Waals surface area contributed by atoms with E-state index in [2.05, 4.69) is 4.98 Å². The molecule has 0 aliphatic carbocycles. The van der Waals surface area contributed by atoms with Crippen LogP contribution in [-0.2, 0) is 4.74 Å². The Morgan fingerprint density at radius 3 is 2.88 bits per heavy atom. The van der Waals surface area contributed by atoms with Gasteiger partial charge in [0.15, 0.2) is 12.4 Å². The molecule has 0 spiro atoms. The van der Waals surface area contributed by atoms with Crippen LogP contribution in [0.4, 0.5) is 4.39 Å². The predicted octanol–water partition coefficient (Wildman–Crippen LogP) is -0.505. The normalized spacial score (nSPS) is 32.9. The molecule has 6 nitrogen and oxygen atoms in total. The Bertz CT molecular complexity index is 516. The number of hydrogen-bond acceptors (Lipinski definition) is 5. The summed E-state index contributed by atoms with van der Waals surface area (Å²) in [5.41, 5.74) is -0.629. The largest absolute Gasteiger partial charge is 0.394 e. The van der Waals surface area contributed by atoms with Gasteiger partial charge < -0.3 is 14.9 Å². The molecular weight excluding hydrogens is 251 g/mol. The first-order valence-electron chi connectivity index (χ1n) is 4.94. The van der Waals surface area contributed by atoms with Crippen molar-refractivity contribution in [1.29, 1.82) is 0 Å². The van der Waals surface area contributed by atoms with Crippen LogP contribution in [-0.4, -0.2) is 44.8 Å². The van der Waals surface area contributed by atoms with Crippen molar-refractivity contribution in [3.05, 3.63) is 27.4 Å². The van der Waals surface area contributed by atoms with Crippen molar-refractivity contribution < 1.29 is 19.3 Å². The van der Waals surface area contributed by atoms with Gasteiger partial charge in [0.25, 0.3) is 0 Å². The van der Waals surface area contributed by atoms with Crippen LogP contribution in [0.3, 0.4) is 0 Å². The predicted molar refractivity (Wildman–Crippen MR) is 57.8 cm³/mol. The van der Waals surface area contributed by atoms with E-state index in [1.165, 1.54) is 12.3 Å². The summed E-state index contributed by atoms with van der Waals surface area (Å²) >= 11 is 4.74. The minimum Gasteiger partial charge on any atom is -0.394 e. The van der Waals surface area contributed by atoms with Crippen LogP contribution in [0.5, 0.6) is 0 Å². The molecule has 0 saturated carbocycles. The Morgan fingerprint density at radius 2 is 2.35 bits per heavy atom. The summed E-state index contributed by atoms with van der Waals surface area (Å²) in [5, 5.41) is 18.3. The second-order valence-electron chi connectivity index (χ2n) is 3.70. The van der Waals surface area contributed by atoms with Crippen molar-refractivity contribution >= 4 is 12.2 Å². The van der Waals surface area contributed by atoms with Gasteiger partial charge in [0.2, 0.25) is 0 Å². The van der Waals surface area contributed by atoms with Gasteiger partial charge in [-0.1, -0.05) is 12.2 Å². The van der Waals surface area contributed by atoms with Crippen molar-refractivity contribution in [2.24, 2.45) is 0 Å². The first-order chi connectivity index (χ1) is 8.04. The summed E-state index contributed by atoms with van der Waals surface area (Å²) in [6.45, 7) is -0.518. The first kappa shape index (κ1) is 12.4. The van der Waals surface area contributed by atoms with Crippen LogP contribution >= 0.6 is 12.2 Å². The van der Waals surface area contributed by atoms with E-state index in [0.29, 0.717) is 0 Å². The monoisotopic (exact) mass is 262 g/mol. The van der Waals surface area contributed by atoms with Gasteiger partial charge in [-0.25, -0.2) is 9.18 Å². The minimum atomic E-state index is -1.78. The van der Waals surface area contributed by atoms with Crippen molar-refractivity contribution in [3.63, 3.8) is 0 Å². The number of halogens is 1. The third-order valence-electron chi connectivity index (χ3n) is 2.60. The van der Waals surface area contributed by atoms with Gasteiger partial charge in [-0.15, -0.1) is 0 Å². The lowest BCUT2D eigenvalue weighted by atomic mass is 10.1. The van der Waals surface area contributed by atoms with E-state index in [0.717, 1.165) is 4.57 Å². The standard InChI is InChI=1S/C9H11FN2O4S/c10-6-7(14)4(3-13)16-8(6)12-2-1-5(17)11-9(12)15/h1-2,4,6-8,13-14H,3H2,(H,11,15,17)/t4-,6-,7+,8-/m1/s1. The molecule has 1 aliphatic heterocycles. The van der Waals surface area contributed by atoms with Crippen LogP contribution < -0.4 is 5.69 Å². The van der Waals surface area contributed by atoms with Crippen LogP contribution in [0.25, 0.3) is 0 Å². The fourth-order valence-electron chi connectivity index (χ4n) is 1.71. The number of aliphatic hydroxyl groups excluding tert-OH is 2. The summed E-state index contributed by atoms with van der Waals surface area (Å²) in [6, 6.07) is 1.41. The highest BCUT2D eigenvalue weighted by molar-refractivity contribution is 7.71. The van der Waals surface area contributed by atoms with Gasteiger partial charge >= 0.3 is 5.69 Å². The maximum absolute atomic E-state index is 13.7. The average molecular weight is 262 g/mol. The number of aliphatic hydroxyl groups is 2. The average Bonchev–Trinajstić information content (AvgIpc) is 2.57. The molecule has 4 atom stereocenters. The van der Waals surface area contributed by atoms with E-state index in [9.17, 15) is 14.3 Å². The van der Waals surface area contributed by atoms with E-state index in [1.807, 2.05) is 0 Å². The fraction of sp³-hybridized carbons (Fsp3) is 0.556. The molecule has 94 valence electrons. The van der Waals surface area contributed by atoms with Gasteiger partial charge in [-0.3, -0.25) is 9.55 Å². The Labute approximate surface area is 100 Å². The molecule has 1 saturated heterocycles. The second-order valence-corrected chi connectivity index (χ2v) is 4.14. The van der Waals surface area contributed by atoms with Gasteiger partial charge in [-0.05, 0) is 6.07 Å². The third-order valence-corrected chi connectivity index (χ3v) is 2.84. The smallest absolute Gasteiger partial charge is 0.328 e. The van der Waals surface area contributed by atoms with Crippen molar-refractivity contribution in [1.82, 2.24) is 9.55 Å². The number of aromatic amines is 1. The highest BCUT2D eigenvalue weighted by Gasteiger charge is 2.45. The maximum Gasteiger partial charge on any atom is 0.328 e. The molecule has 2 heterocycles. The van der Waals surface area contributed by atoms with Gasteiger partial charge in [0, 0.05) is 6.20 Å². The van der Waals surface area contributed by atoms with Crippen LogP contribution in [0.1, 0.15) is 6.23 Å². The number of ether oxygens (including phenoxy) is 1. The fourth-order valence-corrected chi connectivity index (χ4v) is 1.85. The number of aromatic nitrogens is 2. The van der Waals surface area contributed by atoms with Crippen LogP contribution in [0.2, 0.25) is 0 Å².